The number of hydrogen-bond donors (Lipinski definition) is 3. The van der Waals surface area contributed by atoms with Crippen LogP contribution in [0.3, 0.4) is 0 Å². The van der Waals surface area contributed by atoms with Crippen LogP contribution in [-0.2, 0) is 16.0 Å². The Morgan fingerprint density at radius 1 is 0.824 bits per heavy atom. The summed E-state index contributed by atoms with van der Waals surface area (Å²) >= 11 is 0. The standard InChI is InChI=1S/C21H26N4O.C4H4O4/c1-23-13-15-24(16-14-23)21(26)22-18-9-3-5-11-20(18)25-12-6-8-17-7-2-4-10-19(17)25;5-3(6)1-2-4(7)8/h2-5,7,9-11H,6,8,12-16H2,1H3,(H,22,26);1-2H,(H,5,6)(H,7,8)/b;2-1-. The van der Waals surface area contributed by atoms with Crippen molar-refractivity contribution in [2.24, 2.45) is 0 Å². The number of para-hydroxylation sites is 3. The molecule has 0 spiro atoms. The van der Waals surface area contributed by atoms with E-state index in [9.17, 15) is 14.4 Å². The van der Waals surface area contributed by atoms with Gasteiger partial charge in [0, 0.05) is 50.6 Å². The number of hydrogen-bond acceptors (Lipinski definition) is 5. The lowest BCUT2D eigenvalue weighted by Gasteiger charge is -2.34. The molecule has 9 heteroatoms. The highest BCUT2D eigenvalue weighted by Crippen LogP contribution is 2.37. The molecule has 2 aromatic carbocycles. The number of urea groups is 1. The highest BCUT2D eigenvalue weighted by Gasteiger charge is 2.23. The van der Waals surface area contributed by atoms with Gasteiger partial charge in [0.15, 0.2) is 0 Å². The number of benzene rings is 2. The second-order valence-electron chi connectivity index (χ2n) is 8.13. The molecule has 2 amide bonds. The van der Waals surface area contributed by atoms with E-state index in [4.69, 9.17) is 10.2 Å². The zero-order chi connectivity index (χ0) is 24.5. The van der Waals surface area contributed by atoms with E-state index in [1.54, 1.807) is 0 Å². The predicted molar refractivity (Wildman–Crippen MR) is 131 cm³/mol. The number of nitrogens with zero attached hydrogens (tertiary/aromatic N) is 3. The maximum absolute atomic E-state index is 12.7. The van der Waals surface area contributed by atoms with Crippen molar-refractivity contribution in [2.45, 2.75) is 12.8 Å². The molecule has 0 bridgehead atoms. The molecular weight excluding hydrogens is 436 g/mol. The first-order valence-electron chi connectivity index (χ1n) is 11.2. The molecule has 1 saturated heterocycles. The van der Waals surface area contributed by atoms with Crippen molar-refractivity contribution in [3.05, 3.63) is 66.2 Å². The summed E-state index contributed by atoms with van der Waals surface area (Å²) in [5.41, 5.74) is 4.58. The maximum Gasteiger partial charge on any atom is 0.328 e. The molecule has 34 heavy (non-hydrogen) atoms. The first kappa shape index (κ1) is 24.8. The summed E-state index contributed by atoms with van der Waals surface area (Å²) in [5, 5.41) is 18.8. The van der Waals surface area contributed by atoms with Crippen LogP contribution in [0.15, 0.2) is 60.7 Å². The molecule has 0 unspecified atom stereocenters. The Balaban J connectivity index is 0.000000350. The molecule has 2 aromatic rings. The molecule has 180 valence electrons. The van der Waals surface area contributed by atoms with Gasteiger partial charge in [0.1, 0.15) is 0 Å². The van der Waals surface area contributed by atoms with Crippen LogP contribution in [0, 0.1) is 0 Å². The first-order valence-corrected chi connectivity index (χ1v) is 11.2. The van der Waals surface area contributed by atoms with Gasteiger partial charge in [-0.15, -0.1) is 0 Å². The van der Waals surface area contributed by atoms with Crippen LogP contribution in [-0.4, -0.2) is 77.8 Å². The quantitative estimate of drug-likeness (QED) is 0.593. The number of amides is 2. The largest absolute Gasteiger partial charge is 0.478 e. The zero-order valence-electron chi connectivity index (χ0n) is 19.2. The summed E-state index contributed by atoms with van der Waals surface area (Å²) in [4.78, 5) is 38.3. The minimum atomic E-state index is -1.26. The number of aliphatic carboxylic acids is 2. The number of carboxylic acid groups (broad SMARTS) is 2. The van der Waals surface area contributed by atoms with Gasteiger partial charge < -0.3 is 30.2 Å². The molecule has 0 aliphatic carbocycles. The van der Waals surface area contributed by atoms with E-state index in [-0.39, 0.29) is 6.03 Å². The molecule has 0 atom stereocenters. The van der Waals surface area contributed by atoms with Gasteiger partial charge in [-0.25, -0.2) is 14.4 Å². The average molecular weight is 467 g/mol. The summed E-state index contributed by atoms with van der Waals surface area (Å²) in [5.74, 6) is -2.51. The minimum absolute atomic E-state index is 0.00385. The summed E-state index contributed by atoms with van der Waals surface area (Å²) in [6.07, 6.45) is 3.35. The van der Waals surface area contributed by atoms with Gasteiger partial charge in [-0.1, -0.05) is 30.3 Å². The van der Waals surface area contributed by atoms with E-state index >= 15 is 0 Å². The minimum Gasteiger partial charge on any atom is -0.478 e. The molecule has 4 rings (SSSR count). The molecule has 0 radical (unpaired) electrons. The Labute approximate surface area is 198 Å². The van der Waals surface area contributed by atoms with Crippen molar-refractivity contribution in [2.75, 3.05) is 50.0 Å². The van der Waals surface area contributed by atoms with Gasteiger partial charge in [0.2, 0.25) is 0 Å². The zero-order valence-corrected chi connectivity index (χ0v) is 19.2. The first-order chi connectivity index (χ1) is 16.3. The Hall–Kier alpha value is -3.85. The predicted octanol–water partition coefficient (Wildman–Crippen LogP) is 3.26. The van der Waals surface area contributed by atoms with Crippen molar-refractivity contribution >= 4 is 35.0 Å². The second-order valence-corrected chi connectivity index (χ2v) is 8.13. The third-order valence-corrected chi connectivity index (χ3v) is 5.71. The smallest absolute Gasteiger partial charge is 0.328 e. The van der Waals surface area contributed by atoms with E-state index in [2.05, 4.69) is 52.5 Å². The van der Waals surface area contributed by atoms with Crippen molar-refractivity contribution in [1.29, 1.82) is 0 Å². The molecule has 3 N–H and O–H groups in total. The number of carbonyl (C=O) groups excluding carboxylic acids is 1. The van der Waals surface area contributed by atoms with Gasteiger partial charge in [-0.3, -0.25) is 0 Å². The van der Waals surface area contributed by atoms with Crippen LogP contribution in [0.4, 0.5) is 21.9 Å². The average Bonchev–Trinajstić information content (AvgIpc) is 2.83. The number of fused-ring (bicyclic) bond motifs is 1. The van der Waals surface area contributed by atoms with E-state index in [0.717, 1.165) is 56.9 Å². The highest BCUT2D eigenvalue weighted by molar-refractivity contribution is 5.94. The van der Waals surface area contributed by atoms with Crippen molar-refractivity contribution < 1.29 is 24.6 Å². The van der Waals surface area contributed by atoms with Crippen LogP contribution in [0.1, 0.15) is 12.0 Å². The number of carboxylic acids is 2. The maximum atomic E-state index is 12.7. The Morgan fingerprint density at radius 2 is 1.41 bits per heavy atom. The van der Waals surface area contributed by atoms with E-state index in [1.165, 1.54) is 11.3 Å². The lowest BCUT2D eigenvalue weighted by molar-refractivity contribution is -0.134. The summed E-state index contributed by atoms with van der Waals surface area (Å²) < 4.78 is 0. The van der Waals surface area contributed by atoms with Crippen LogP contribution < -0.4 is 10.2 Å². The number of nitrogens with one attached hydrogen (secondary N) is 1. The summed E-state index contributed by atoms with van der Waals surface area (Å²) in [6.45, 7) is 4.37. The fraction of sp³-hybridized carbons (Fsp3) is 0.320. The summed E-state index contributed by atoms with van der Waals surface area (Å²) in [6, 6.07) is 16.7. The fourth-order valence-electron chi connectivity index (χ4n) is 3.94. The normalized spacial score (nSPS) is 15.8. The van der Waals surface area contributed by atoms with E-state index in [1.807, 2.05) is 23.1 Å². The van der Waals surface area contributed by atoms with Crippen molar-refractivity contribution in [3.8, 4) is 0 Å². The third kappa shape index (κ3) is 6.82. The van der Waals surface area contributed by atoms with Crippen LogP contribution in [0.2, 0.25) is 0 Å². The number of aryl methyl sites for hydroxylation is 1. The number of piperazine rings is 1. The van der Waals surface area contributed by atoms with Crippen molar-refractivity contribution in [3.63, 3.8) is 0 Å². The molecule has 9 nitrogen and oxygen atoms in total. The van der Waals surface area contributed by atoms with Crippen LogP contribution in [0.5, 0.6) is 0 Å². The topological polar surface area (TPSA) is 113 Å². The number of carbonyl (C=O) groups is 3. The molecule has 0 aromatic heterocycles. The fourth-order valence-corrected chi connectivity index (χ4v) is 3.94. The van der Waals surface area contributed by atoms with Gasteiger partial charge in [-0.2, -0.15) is 0 Å². The molecule has 1 fully saturated rings. The SMILES string of the molecule is CN1CCN(C(=O)Nc2ccccc2N2CCCc3ccccc32)CC1.O=C(O)/C=C\C(=O)O. The lowest BCUT2D eigenvalue weighted by atomic mass is 10.0. The Morgan fingerprint density at radius 3 is 2.06 bits per heavy atom. The monoisotopic (exact) mass is 466 g/mol. The van der Waals surface area contributed by atoms with Gasteiger partial charge >= 0.3 is 18.0 Å². The van der Waals surface area contributed by atoms with Crippen LogP contribution in [0.25, 0.3) is 0 Å². The molecule has 2 aliphatic heterocycles. The molecule has 2 heterocycles. The van der Waals surface area contributed by atoms with Crippen molar-refractivity contribution in [1.82, 2.24) is 9.80 Å². The van der Waals surface area contributed by atoms with E-state index < -0.39 is 11.9 Å². The van der Waals surface area contributed by atoms with Crippen LogP contribution >= 0.6 is 0 Å². The Bertz CT molecular complexity index is 1030. The number of rotatable bonds is 4. The number of likely N-dealkylation sites (N-methyl/N-ethyl adjacent to an activating group) is 1. The third-order valence-electron chi connectivity index (χ3n) is 5.71. The Kier molecular flexibility index (Phi) is 8.64. The molecular formula is C25H30N4O5. The van der Waals surface area contributed by atoms with Gasteiger partial charge in [0.05, 0.1) is 11.4 Å². The molecule has 2 aliphatic rings. The second kappa shape index (κ2) is 11.9. The number of anilines is 3. The van der Waals surface area contributed by atoms with Gasteiger partial charge in [0.25, 0.3) is 0 Å². The summed E-state index contributed by atoms with van der Waals surface area (Å²) in [7, 11) is 2.10. The van der Waals surface area contributed by atoms with Gasteiger partial charge in [-0.05, 0) is 43.7 Å². The highest BCUT2D eigenvalue weighted by atomic mass is 16.4. The molecule has 0 saturated carbocycles. The van der Waals surface area contributed by atoms with E-state index in [0.29, 0.717) is 12.2 Å². The lowest BCUT2D eigenvalue weighted by Crippen LogP contribution is -2.48.